The smallest absolute Gasteiger partial charge is 0.418 e. The van der Waals surface area contributed by atoms with Crippen LogP contribution in [0.4, 0.5) is 24.5 Å². The summed E-state index contributed by atoms with van der Waals surface area (Å²) in [6.07, 6.45) is -4.67. The highest BCUT2D eigenvalue weighted by molar-refractivity contribution is 7.97. The highest BCUT2D eigenvalue weighted by Gasteiger charge is 2.38. The van der Waals surface area contributed by atoms with E-state index in [0.717, 1.165) is 11.9 Å². The lowest BCUT2D eigenvalue weighted by atomic mass is 10.0. The molecule has 0 bridgehead atoms. The molecule has 0 fully saturated rings. The fourth-order valence-corrected chi connectivity index (χ4v) is 3.04. The van der Waals surface area contributed by atoms with E-state index in [9.17, 15) is 13.2 Å². The molecule has 0 amide bonds. The van der Waals surface area contributed by atoms with Crippen LogP contribution in [0.5, 0.6) is 11.5 Å². The van der Waals surface area contributed by atoms with E-state index in [4.69, 9.17) is 25.2 Å². The maximum atomic E-state index is 13.7. The number of hydrogen-bond acceptors (Lipinski definition) is 8. The third kappa shape index (κ3) is 5.82. The van der Waals surface area contributed by atoms with Crippen molar-refractivity contribution in [2.45, 2.75) is 17.6 Å². The van der Waals surface area contributed by atoms with Crippen LogP contribution in [0.1, 0.15) is 11.1 Å². The van der Waals surface area contributed by atoms with E-state index in [2.05, 4.69) is 10.8 Å². The number of hydrogen-bond donors (Lipinski definition) is 4. The average molecular weight is 432 g/mol. The van der Waals surface area contributed by atoms with Gasteiger partial charge in [0.05, 0.1) is 36.4 Å². The zero-order valence-corrected chi connectivity index (χ0v) is 16.7. The van der Waals surface area contributed by atoms with E-state index in [-0.39, 0.29) is 30.1 Å². The van der Waals surface area contributed by atoms with E-state index in [1.807, 2.05) is 0 Å². The van der Waals surface area contributed by atoms with E-state index < -0.39 is 17.4 Å². The Kier molecular flexibility index (Phi) is 8.26. The second-order valence-corrected chi connectivity index (χ2v) is 6.48. The minimum atomic E-state index is -4.67. The maximum Gasteiger partial charge on any atom is 0.418 e. The molecule has 2 rings (SSSR count). The number of ether oxygens (including phenoxy) is 2. The lowest BCUT2D eigenvalue weighted by Gasteiger charge is -2.22. The van der Waals surface area contributed by atoms with Crippen molar-refractivity contribution in [1.82, 2.24) is 5.48 Å². The molecule has 0 saturated carbocycles. The van der Waals surface area contributed by atoms with Crippen molar-refractivity contribution in [2.75, 3.05) is 38.4 Å². The van der Waals surface area contributed by atoms with Crippen molar-refractivity contribution in [1.29, 1.82) is 0 Å². The third-order valence-corrected chi connectivity index (χ3v) is 4.53. The first-order chi connectivity index (χ1) is 13.8. The van der Waals surface area contributed by atoms with Gasteiger partial charge in [0.15, 0.2) is 5.75 Å². The number of nitrogens with one attached hydrogen (secondary N) is 2. The molecule has 0 atom stereocenters. The first-order valence-corrected chi connectivity index (χ1v) is 9.36. The Morgan fingerprint density at radius 2 is 1.86 bits per heavy atom. The van der Waals surface area contributed by atoms with Crippen LogP contribution in [0, 0.1) is 0 Å². The Bertz CT molecular complexity index is 822. The highest BCUT2D eigenvalue weighted by Crippen LogP contribution is 2.44. The van der Waals surface area contributed by atoms with Crippen LogP contribution < -0.4 is 31.2 Å². The van der Waals surface area contributed by atoms with E-state index >= 15 is 0 Å². The summed E-state index contributed by atoms with van der Waals surface area (Å²) in [6.45, 7) is 0.291. The first-order valence-electron chi connectivity index (χ1n) is 8.48. The van der Waals surface area contributed by atoms with Gasteiger partial charge >= 0.3 is 6.18 Å². The van der Waals surface area contributed by atoms with Crippen LogP contribution in [0.3, 0.4) is 0 Å². The summed E-state index contributed by atoms with van der Waals surface area (Å²) < 4.78 is 51.3. The van der Waals surface area contributed by atoms with Gasteiger partial charge in [-0.2, -0.15) is 18.7 Å². The summed E-state index contributed by atoms with van der Waals surface area (Å²) in [5.74, 6) is 0.577. The molecule has 0 aliphatic heterocycles. The fraction of sp³-hybridized carbons (Fsp3) is 0.333. The molecule has 0 saturated heterocycles. The predicted molar refractivity (Wildman–Crippen MR) is 107 cm³/mol. The Balaban J connectivity index is 2.31. The van der Waals surface area contributed by atoms with Crippen LogP contribution in [-0.2, 0) is 17.5 Å². The number of nitrogen functional groups attached to an aromatic ring is 1. The Morgan fingerprint density at radius 3 is 2.48 bits per heavy atom. The first kappa shape index (κ1) is 22.9. The minimum absolute atomic E-state index is 0.0615. The normalized spacial score (nSPS) is 11.4. The number of para-hydroxylation sites is 1. The summed E-state index contributed by atoms with van der Waals surface area (Å²) in [5, 5.41) is 8.38. The van der Waals surface area contributed by atoms with Gasteiger partial charge in [-0.25, -0.2) is 0 Å². The summed E-state index contributed by atoms with van der Waals surface area (Å²) in [6, 6.07) is 8.13. The van der Waals surface area contributed by atoms with Gasteiger partial charge in [0.1, 0.15) is 11.4 Å². The SMILES string of the molecule is COCCNc1c(OC)cc(CNOc2ccccc2SN)c(C(F)(F)F)c1N. The van der Waals surface area contributed by atoms with E-state index in [1.165, 1.54) is 20.3 Å². The molecule has 160 valence electrons. The van der Waals surface area contributed by atoms with Gasteiger partial charge in [0.25, 0.3) is 0 Å². The minimum Gasteiger partial charge on any atom is -0.494 e. The summed E-state index contributed by atoms with van der Waals surface area (Å²) in [5.41, 5.74) is 6.92. The van der Waals surface area contributed by atoms with Crippen LogP contribution >= 0.6 is 11.9 Å². The van der Waals surface area contributed by atoms with Gasteiger partial charge in [-0.1, -0.05) is 12.1 Å². The molecule has 0 aromatic heterocycles. The fourth-order valence-electron chi connectivity index (χ4n) is 2.65. The lowest BCUT2D eigenvalue weighted by Crippen LogP contribution is -2.23. The molecule has 7 nitrogen and oxygen atoms in total. The Labute approximate surface area is 171 Å². The van der Waals surface area contributed by atoms with Crippen molar-refractivity contribution in [2.24, 2.45) is 5.14 Å². The zero-order valence-electron chi connectivity index (χ0n) is 15.9. The van der Waals surface area contributed by atoms with Crippen LogP contribution in [-0.4, -0.2) is 27.4 Å². The van der Waals surface area contributed by atoms with Crippen LogP contribution in [0.2, 0.25) is 0 Å². The van der Waals surface area contributed by atoms with Crippen molar-refractivity contribution >= 4 is 23.3 Å². The molecule has 11 heteroatoms. The maximum absolute atomic E-state index is 13.7. The van der Waals surface area contributed by atoms with Crippen LogP contribution in [0.15, 0.2) is 35.2 Å². The molecule has 29 heavy (non-hydrogen) atoms. The predicted octanol–water partition coefficient (Wildman–Crippen LogP) is 3.40. The lowest BCUT2D eigenvalue weighted by molar-refractivity contribution is -0.137. The number of anilines is 2. The Morgan fingerprint density at radius 1 is 1.14 bits per heavy atom. The number of nitrogens with two attached hydrogens (primary N) is 2. The quantitative estimate of drug-likeness (QED) is 0.196. The molecule has 0 radical (unpaired) electrons. The number of hydroxylamine groups is 1. The molecule has 0 spiro atoms. The molecular weight excluding hydrogens is 409 g/mol. The third-order valence-electron chi connectivity index (χ3n) is 3.94. The Hall–Kier alpha value is -2.34. The van der Waals surface area contributed by atoms with E-state index in [1.54, 1.807) is 24.3 Å². The molecule has 0 unspecified atom stereocenters. The molecule has 6 N–H and O–H groups in total. The van der Waals surface area contributed by atoms with Crippen molar-refractivity contribution < 1.29 is 27.5 Å². The monoisotopic (exact) mass is 432 g/mol. The van der Waals surface area contributed by atoms with Gasteiger partial charge in [0, 0.05) is 13.7 Å². The van der Waals surface area contributed by atoms with Gasteiger partial charge in [-0.05, 0) is 35.7 Å². The summed E-state index contributed by atoms with van der Waals surface area (Å²) >= 11 is 0.965. The summed E-state index contributed by atoms with van der Waals surface area (Å²) in [4.78, 5) is 6.02. The van der Waals surface area contributed by atoms with Crippen molar-refractivity contribution in [3.63, 3.8) is 0 Å². The number of benzene rings is 2. The van der Waals surface area contributed by atoms with Gasteiger partial charge in [-0.3, -0.25) is 5.14 Å². The highest BCUT2D eigenvalue weighted by atomic mass is 32.2. The van der Waals surface area contributed by atoms with E-state index in [0.29, 0.717) is 17.3 Å². The second kappa shape index (κ2) is 10.4. The van der Waals surface area contributed by atoms with Gasteiger partial charge < -0.3 is 25.4 Å². The molecule has 2 aromatic carbocycles. The van der Waals surface area contributed by atoms with Gasteiger partial charge in [0.2, 0.25) is 0 Å². The second-order valence-electron chi connectivity index (χ2n) is 5.81. The standard InChI is InChI=1S/C18H23F3N4O3S/c1-26-8-7-24-17-13(27-2)9-11(15(16(17)22)18(19,20)21)10-25-28-12-5-3-4-6-14(12)29-23/h3-6,9,24-25H,7-8,10,22-23H2,1-2H3. The molecule has 0 heterocycles. The molecule has 0 aliphatic carbocycles. The van der Waals surface area contributed by atoms with Crippen LogP contribution in [0.25, 0.3) is 0 Å². The largest absolute Gasteiger partial charge is 0.494 e. The summed E-state index contributed by atoms with van der Waals surface area (Å²) in [7, 11) is 2.84. The average Bonchev–Trinajstić information content (AvgIpc) is 2.68. The van der Waals surface area contributed by atoms with Crippen molar-refractivity contribution in [3.05, 3.63) is 41.5 Å². The molecule has 0 aliphatic rings. The molecule has 2 aromatic rings. The molecular formula is C18H23F3N4O3S. The topological polar surface area (TPSA) is 104 Å². The number of alkyl halides is 3. The van der Waals surface area contributed by atoms with Crippen molar-refractivity contribution in [3.8, 4) is 11.5 Å². The zero-order chi connectivity index (χ0) is 21.4. The number of halogens is 3. The number of methoxy groups -OCH3 is 2. The number of rotatable bonds is 10. The van der Waals surface area contributed by atoms with Gasteiger partial charge in [-0.15, -0.1) is 0 Å².